The van der Waals surface area contributed by atoms with Crippen molar-refractivity contribution in [3.8, 4) is 0 Å². The molecule has 0 aliphatic heterocycles. The standard InChI is InChI=1S/C16H25BrN2O/c1-12(18)16(13-5-4-6-14(17)11-13)19(9-10-20)15-7-2-3-8-15/h4-6,11-12,15-16,20H,2-3,7-10,18H2,1H3. The molecule has 3 N–H and O–H groups in total. The largest absolute Gasteiger partial charge is 0.395 e. The lowest BCUT2D eigenvalue weighted by atomic mass is 9.97. The maximum atomic E-state index is 9.44. The van der Waals surface area contributed by atoms with Crippen LogP contribution in [0.2, 0.25) is 0 Å². The molecule has 1 aliphatic carbocycles. The molecule has 0 aromatic heterocycles. The fourth-order valence-corrected chi connectivity index (χ4v) is 3.80. The molecule has 0 heterocycles. The van der Waals surface area contributed by atoms with E-state index >= 15 is 0 Å². The summed E-state index contributed by atoms with van der Waals surface area (Å²) in [7, 11) is 0. The van der Waals surface area contributed by atoms with Crippen molar-refractivity contribution in [2.24, 2.45) is 5.73 Å². The lowest BCUT2D eigenvalue weighted by Crippen LogP contribution is -2.45. The summed E-state index contributed by atoms with van der Waals surface area (Å²) in [6, 6.07) is 9.14. The molecule has 1 aliphatic rings. The summed E-state index contributed by atoms with van der Waals surface area (Å²) in [6.07, 6.45) is 5.02. The van der Waals surface area contributed by atoms with Crippen LogP contribution in [0, 0.1) is 0 Å². The Bertz CT molecular complexity index is 419. The summed E-state index contributed by atoms with van der Waals surface area (Å²) < 4.78 is 1.08. The summed E-state index contributed by atoms with van der Waals surface area (Å²) in [5.41, 5.74) is 7.51. The van der Waals surface area contributed by atoms with Gasteiger partial charge in [0, 0.05) is 23.1 Å². The summed E-state index contributed by atoms with van der Waals surface area (Å²) in [5.74, 6) is 0. The Hall–Kier alpha value is -0.420. The summed E-state index contributed by atoms with van der Waals surface area (Å²) >= 11 is 3.54. The normalized spacial score (nSPS) is 19.4. The summed E-state index contributed by atoms with van der Waals surface area (Å²) in [5, 5.41) is 9.44. The van der Waals surface area contributed by atoms with Crippen LogP contribution in [-0.4, -0.2) is 35.2 Å². The number of aliphatic hydroxyl groups excluding tert-OH is 1. The maximum Gasteiger partial charge on any atom is 0.0558 e. The van der Waals surface area contributed by atoms with Crippen molar-refractivity contribution in [1.82, 2.24) is 4.90 Å². The van der Waals surface area contributed by atoms with Crippen LogP contribution in [0.15, 0.2) is 28.7 Å². The van der Waals surface area contributed by atoms with E-state index in [-0.39, 0.29) is 18.7 Å². The molecule has 4 heteroatoms. The Labute approximate surface area is 130 Å². The van der Waals surface area contributed by atoms with Crippen molar-refractivity contribution in [2.45, 2.75) is 50.7 Å². The topological polar surface area (TPSA) is 49.5 Å². The highest BCUT2D eigenvalue weighted by Crippen LogP contribution is 2.33. The van der Waals surface area contributed by atoms with Gasteiger partial charge in [0.15, 0.2) is 0 Å². The van der Waals surface area contributed by atoms with Crippen LogP contribution < -0.4 is 5.73 Å². The van der Waals surface area contributed by atoms with Gasteiger partial charge in [0.05, 0.1) is 12.6 Å². The minimum absolute atomic E-state index is 0.0384. The van der Waals surface area contributed by atoms with E-state index in [0.29, 0.717) is 12.6 Å². The molecule has 1 fully saturated rings. The highest BCUT2D eigenvalue weighted by Gasteiger charge is 2.31. The minimum Gasteiger partial charge on any atom is -0.395 e. The number of benzene rings is 1. The number of halogens is 1. The van der Waals surface area contributed by atoms with Crippen molar-refractivity contribution in [1.29, 1.82) is 0 Å². The van der Waals surface area contributed by atoms with E-state index in [0.717, 1.165) is 4.47 Å². The van der Waals surface area contributed by atoms with Gasteiger partial charge in [0.2, 0.25) is 0 Å². The molecular weight excluding hydrogens is 316 g/mol. The first-order chi connectivity index (χ1) is 9.63. The molecule has 3 nitrogen and oxygen atoms in total. The van der Waals surface area contributed by atoms with Crippen LogP contribution in [-0.2, 0) is 0 Å². The quantitative estimate of drug-likeness (QED) is 0.836. The van der Waals surface area contributed by atoms with E-state index in [4.69, 9.17) is 5.73 Å². The van der Waals surface area contributed by atoms with Gasteiger partial charge >= 0.3 is 0 Å². The third kappa shape index (κ3) is 3.82. The highest BCUT2D eigenvalue weighted by atomic mass is 79.9. The van der Waals surface area contributed by atoms with Crippen LogP contribution in [0.3, 0.4) is 0 Å². The van der Waals surface area contributed by atoms with Crippen molar-refractivity contribution >= 4 is 15.9 Å². The molecule has 1 aromatic carbocycles. The van der Waals surface area contributed by atoms with Gasteiger partial charge in [0.1, 0.15) is 0 Å². The van der Waals surface area contributed by atoms with E-state index in [1.54, 1.807) is 0 Å². The maximum absolute atomic E-state index is 9.44. The Kier molecular flexibility index (Phi) is 6.02. The monoisotopic (exact) mass is 340 g/mol. The smallest absolute Gasteiger partial charge is 0.0558 e. The van der Waals surface area contributed by atoms with Gasteiger partial charge in [-0.3, -0.25) is 4.90 Å². The van der Waals surface area contributed by atoms with E-state index in [9.17, 15) is 5.11 Å². The molecule has 1 saturated carbocycles. The van der Waals surface area contributed by atoms with Crippen LogP contribution in [0.1, 0.15) is 44.2 Å². The molecular formula is C16H25BrN2O. The van der Waals surface area contributed by atoms with E-state index in [1.165, 1.54) is 31.2 Å². The van der Waals surface area contributed by atoms with Gasteiger partial charge in [-0.2, -0.15) is 0 Å². The van der Waals surface area contributed by atoms with E-state index in [1.807, 2.05) is 6.07 Å². The first-order valence-corrected chi connectivity index (χ1v) is 8.30. The predicted octanol–water partition coefficient (Wildman–Crippen LogP) is 3.07. The fourth-order valence-electron chi connectivity index (χ4n) is 3.39. The van der Waals surface area contributed by atoms with E-state index < -0.39 is 0 Å². The molecule has 0 radical (unpaired) electrons. The third-order valence-electron chi connectivity index (χ3n) is 4.20. The second-order valence-corrected chi connectivity index (χ2v) is 6.67. The van der Waals surface area contributed by atoms with Gasteiger partial charge in [0.25, 0.3) is 0 Å². The minimum atomic E-state index is 0.0384. The van der Waals surface area contributed by atoms with Crippen molar-refractivity contribution < 1.29 is 5.11 Å². The lowest BCUT2D eigenvalue weighted by molar-refractivity contribution is 0.0922. The molecule has 0 spiro atoms. The second kappa shape index (κ2) is 7.55. The SMILES string of the molecule is CC(N)C(c1cccc(Br)c1)N(CCO)C1CCCC1. The molecule has 1 aromatic rings. The van der Waals surface area contributed by atoms with Crippen LogP contribution in [0.5, 0.6) is 0 Å². The van der Waals surface area contributed by atoms with Crippen LogP contribution in [0.4, 0.5) is 0 Å². The third-order valence-corrected chi connectivity index (χ3v) is 4.69. The van der Waals surface area contributed by atoms with Gasteiger partial charge in [-0.15, -0.1) is 0 Å². The molecule has 20 heavy (non-hydrogen) atoms. The number of hydrogen-bond donors (Lipinski definition) is 2. The Morgan fingerprint density at radius 3 is 2.65 bits per heavy atom. The lowest BCUT2D eigenvalue weighted by Gasteiger charge is -2.38. The average molecular weight is 341 g/mol. The molecule has 0 amide bonds. The van der Waals surface area contributed by atoms with Crippen molar-refractivity contribution in [2.75, 3.05) is 13.2 Å². The Morgan fingerprint density at radius 2 is 2.10 bits per heavy atom. The van der Waals surface area contributed by atoms with E-state index in [2.05, 4.69) is 46.0 Å². The fraction of sp³-hybridized carbons (Fsp3) is 0.625. The first-order valence-electron chi connectivity index (χ1n) is 7.51. The first kappa shape index (κ1) is 16.0. The zero-order valence-corrected chi connectivity index (χ0v) is 13.7. The Balaban J connectivity index is 2.28. The summed E-state index contributed by atoms with van der Waals surface area (Å²) in [6.45, 7) is 2.95. The molecule has 2 atom stereocenters. The molecule has 2 unspecified atom stereocenters. The second-order valence-electron chi connectivity index (χ2n) is 5.76. The van der Waals surface area contributed by atoms with Crippen molar-refractivity contribution in [3.63, 3.8) is 0 Å². The predicted molar refractivity (Wildman–Crippen MR) is 86.6 cm³/mol. The van der Waals surface area contributed by atoms with Gasteiger partial charge in [-0.05, 0) is 37.5 Å². The van der Waals surface area contributed by atoms with Crippen molar-refractivity contribution in [3.05, 3.63) is 34.3 Å². The molecule has 2 rings (SSSR count). The number of hydrogen-bond acceptors (Lipinski definition) is 3. The van der Waals surface area contributed by atoms with Gasteiger partial charge < -0.3 is 10.8 Å². The molecule has 0 saturated heterocycles. The zero-order valence-electron chi connectivity index (χ0n) is 12.1. The average Bonchev–Trinajstić information content (AvgIpc) is 2.91. The van der Waals surface area contributed by atoms with Crippen LogP contribution >= 0.6 is 15.9 Å². The van der Waals surface area contributed by atoms with Gasteiger partial charge in [-0.25, -0.2) is 0 Å². The molecule has 0 bridgehead atoms. The number of aliphatic hydroxyl groups is 1. The Morgan fingerprint density at radius 1 is 1.40 bits per heavy atom. The number of rotatable bonds is 6. The highest BCUT2D eigenvalue weighted by molar-refractivity contribution is 9.10. The number of nitrogens with zero attached hydrogens (tertiary/aromatic N) is 1. The number of nitrogens with two attached hydrogens (primary N) is 1. The summed E-state index contributed by atoms with van der Waals surface area (Å²) in [4.78, 5) is 2.42. The van der Waals surface area contributed by atoms with Gasteiger partial charge in [-0.1, -0.05) is 40.9 Å². The molecule has 112 valence electrons. The zero-order chi connectivity index (χ0) is 14.5. The van der Waals surface area contributed by atoms with Crippen LogP contribution in [0.25, 0.3) is 0 Å².